The Labute approximate surface area is 155 Å². The summed E-state index contributed by atoms with van der Waals surface area (Å²) in [6.45, 7) is 7.66. The molecule has 2 aliphatic heterocycles. The van der Waals surface area contributed by atoms with Crippen LogP contribution >= 0.6 is 12.4 Å². The second kappa shape index (κ2) is 9.85. The highest BCUT2D eigenvalue weighted by molar-refractivity contribution is 5.92. The number of anilines is 1. The number of carbonyl (C=O) groups excluding carboxylic acids is 1. The predicted molar refractivity (Wildman–Crippen MR) is 101 cm³/mol. The number of fused-ring (bicyclic) bond motifs is 1. The smallest absolute Gasteiger partial charge is 0.238 e. The lowest BCUT2D eigenvalue weighted by atomic mass is 9.99. The Morgan fingerprint density at radius 3 is 2.84 bits per heavy atom. The number of amides is 1. The summed E-state index contributed by atoms with van der Waals surface area (Å²) < 4.78 is 11.1. The first-order chi connectivity index (χ1) is 11.7. The van der Waals surface area contributed by atoms with E-state index >= 15 is 0 Å². The van der Waals surface area contributed by atoms with Gasteiger partial charge < -0.3 is 20.1 Å². The fraction of sp³-hybridized carbons (Fsp3) is 0.611. The first kappa shape index (κ1) is 19.8. The van der Waals surface area contributed by atoms with E-state index in [1.807, 2.05) is 18.2 Å². The number of likely N-dealkylation sites (N-methyl/N-ethyl adjacent to an activating group) is 1. The quantitative estimate of drug-likeness (QED) is 0.804. The summed E-state index contributed by atoms with van der Waals surface area (Å²) in [6, 6.07) is 5.52. The summed E-state index contributed by atoms with van der Waals surface area (Å²) in [5, 5.41) is 6.40. The minimum Gasteiger partial charge on any atom is -0.486 e. The number of benzene rings is 1. The summed E-state index contributed by atoms with van der Waals surface area (Å²) >= 11 is 0. The third kappa shape index (κ3) is 5.76. The molecule has 0 radical (unpaired) electrons. The first-order valence-corrected chi connectivity index (χ1v) is 8.87. The van der Waals surface area contributed by atoms with Crippen molar-refractivity contribution in [1.82, 2.24) is 10.2 Å². The molecule has 2 aliphatic rings. The van der Waals surface area contributed by atoms with Crippen LogP contribution in [0.15, 0.2) is 18.2 Å². The van der Waals surface area contributed by atoms with Gasteiger partial charge in [-0.3, -0.25) is 9.69 Å². The van der Waals surface area contributed by atoms with Crippen LogP contribution in [0, 0.1) is 5.92 Å². The highest BCUT2D eigenvalue weighted by Gasteiger charge is 2.18. The molecule has 1 aromatic rings. The molecule has 2 N–H and O–H groups in total. The minimum absolute atomic E-state index is 0. The third-order valence-corrected chi connectivity index (χ3v) is 4.56. The molecule has 140 valence electrons. The molecule has 0 spiro atoms. The Morgan fingerprint density at radius 2 is 2.12 bits per heavy atom. The zero-order valence-corrected chi connectivity index (χ0v) is 15.6. The number of nitrogens with one attached hydrogen (secondary N) is 2. The van der Waals surface area contributed by atoms with Crippen LogP contribution in [0.2, 0.25) is 0 Å². The van der Waals surface area contributed by atoms with Crippen molar-refractivity contribution in [2.45, 2.75) is 19.8 Å². The molecule has 1 fully saturated rings. The maximum Gasteiger partial charge on any atom is 0.238 e. The lowest BCUT2D eigenvalue weighted by Crippen LogP contribution is -2.41. The average molecular weight is 370 g/mol. The molecular weight excluding hydrogens is 342 g/mol. The molecule has 0 aliphatic carbocycles. The summed E-state index contributed by atoms with van der Waals surface area (Å²) in [4.78, 5) is 14.6. The van der Waals surface area contributed by atoms with Crippen LogP contribution in [0.5, 0.6) is 11.5 Å². The second-order valence-corrected chi connectivity index (χ2v) is 6.45. The van der Waals surface area contributed by atoms with Gasteiger partial charge in [0.2, 0.25) is 5.91 Å². The summed E-state index contributed by atoms with van der Waals surface area (Å²) in [5.74, 6) is 2.08. The molecule has 7 heteroatoms. The van der Waals surface area contributed by atoms with Gasteiger partial charge in [-0.2, -0.15) is 0 Å². The van der Waals surface area contributed by atoms with Crippen molar-refractivity contribution in [3.63, 3.8) is 0 Å². The zero-order valence-electron chi connectivity index (χ0n) is 14.8. The Balaban J connectivity index is 0.00000225. The van der Waals surface area contributed by atoms with Crippen molar-refractivity contribution in [3.8, 4) is 11.5 Å². The number of nitrogens with zero attached hydrogens (tertiary/aromatic N) is 1. The van der Waals surface area contributed by atoms with Gasteiger partial charge in [-0.15, -0.1) is 12.4 Å². The number of halogens is 1. The molecule has 0 bridgehead atoms. The summed E-state index contributed by atoms with van der Waals surface area (Å²) in [7, 11) is 0. The van der Waals surface area contributed by atoms with E-state index in [2.05, 4.69) is 22.5 Å². The van der Waals surface area contributed by atoms with Crippen LogP contribution in [0.4, 0.5) is 5.69 Å². The topological polar surface area (TPSA) is 62.8 Å². The van der Waals surface area contributed by atoms with Gasteiger partial charge >= 0.3 is 0 Å². The molecule has 1 unspecified atom stereocenters. The fourth-order valence-corrected chi connectivity index (χ4v) is 3.28. The Morgan fingerprint density at radius 1 is 1.32 bits per heavy atom. The highest BCUT2D eigenvalue weighted by Crippen LogP contribution is 2.32. The maximum atomic E-state index is 12.4. The average Bonchev–Trinajstić information content (AvgIpc) is 2.62. The number of piperidine rings is 1. The van der Waals surface area contributed by atoms with Crippen LogP contribution in [0.25, 0.3) is 0 Å². The van der Waals surface area contributed by atoms with Gasteiger partial charge in [0.15, 0.2) is 11.5 Å². The van der Waals surface area contributed by atoms with Crippen molar-refractivity contribution in [2.75, 3.05) is 51.3 Å². The lowest BCUT2D eigenvalue weighted by Gasteiger charge is -2.29. The molecule has 1 atom stereocenters. The van der Waals surface area contributed by atoms with Gasteiger partial charge in [0, 0.05) is 18.3 Å². The van der Waals surface area contributed by atoms with Gasteiger partial charge in [0.1, 0.15) is 13.2 Å². The standard InChI is InChI=1S/C18H27N3O3.ClH/c1-2-21(12-14-4-3-7-19-11-14)13-18(22)20-15-5-6-16-17(10-15)24-9-8-23-16;/h5-6,10,14,19H,2-4,7-9,11-13H2,1H3,(H,20,22);1H. The molecule has 2 heterocycles. The fourth-order valence-electron chi connectivity index (χ4n) is 3.28. The van der Waals surface area contributed by atoms with Crippen LogP contribution in [-0.2, 0) is 4.79 Å². The molecule has 25 heavy (non-hydrogen) atoms. The van der Waals surface area contributed by atoms with E-state index in [1.54, 1.807) is 0 Å². The van der Waals surface area contributed by atoms with Crippen LogP contribution in [0.3, 0.4) is 0 Å². The van der Waals surface area contributed by atoms with Gasteiger partial charge in [-0.25, -0.2) is 0 Å². The van der Waals surface area contributed by atoms with E-state index in [0.29, 0.717) is 31.4 Å². The number of hydrogen-bond acceptors (Lipinski definition) is 5. The van der Waals surface area contributed by atoms with Crippen LogP contribution in [0.1, 0.15) is 19.8 Å². The Bertz CT molecular complexity index is 564. The van der Waals surface area contributed by atoms with E-state index in [1.165, 1.54) is 12.8 Å². The van der Waals surface area contributed by atoms with Crippen molar-refractivity contribution < 1.29 is 14.3 Å². The first-order valence-electron chi connectivity index (χ1n) is 8.87. The van der Waals surface area contributed by atoms with Crippen LogP contribution in [-0.4, -0.2) is 56.7 Å². The van der Waals surface area contributed by atoms with E-state index < -0.39 is 0 Å². The van der Waals surface area contributed by atoms with E-state index in [9.17, 15) is 4.79 Å². The third-order valence-electron chi connectivity index (χ3n) is 4.56. The number of rotatable bonds is 6. The van der Waals surface area contributed by atoms with Gasteiger partial charge in [0.05, 0.1) is 6.54 Å². The second-order valence-electron chi connectivity index (χ2n) is 6.45. The molecular formula is C18H28ClN3O3. The van der Waals surface area contributed by atoms with E-state index in [-0.39, 0.29) is 18.3 Å². The minimum atomic E-state index is 0. The predicted octanol–water partition coefficient (Wildman–Crippen LogP) is 2.14. The van der Waals surface area contributed by atoms with Gasteiger partial charge in [-0.1, -0.05) is 6.92 Å². The molecule has 0 aromatic heterocycles. The zero-order chi connectivity index (χ0) is 16.8. The van der Waals surface area contributed by atoms with Crippen molar-refractivity contribution in [1.29, 1.82) is 0 Å². The summed E-state index contributed by atoms with van der Waals surface area (Å²) in [6.07, 6.45) is 2.47. The SMILES string of the molecule is CCN(CC(=O)Nc1ccc2c(c1)OCCO2)CC1CCCNC1.Cl. The number of ether oxygens (including phenoxy) is 2. The van der Waals surface area contributed by atoms with Crippen molar-refractivity contribution >= 4 is 24.0 Å². The Hall–Kier alpha value is -1.50. The molecule has 1 saturated heterocycles. The molecule has 1 aromatic carbocycles. The number of carbonyl (C=O) groups is 1. The highest BCUT2D eigenvalue weighted by atomic mass is 35.5. The Kier molecular flexibility index (Phi) is 7.81. The molecule has 3 rings (SSSR count). The molecule has 1 amide bonds. The monoisotopic (exact) mass is 369 g/mol. The van der Waals surface area contributed by atoms with E-state index in [4.69, 9.17) is 9.47 Å². The summed E-state index contributed by atoms with van der Waals surface area (Å²) in [5.41, 5.74) is 0.750. The molecule has 6 nitrogen and oxygen atoms in total. The normalized spacial score (nSPS) is 19.2. The van der Waals surface area contributed by atoms with Crippen molar-refractivity contribution in [3.05, 3.63) is 18.2 Å². The maximum absolute atomic E-state index is 12.4. The largest absolute Gasteiger partial charge is 0.486 e. The van der Waals surface area contributed by atoms with E-state index in [0.717, 1.165) is 37.6 Å². The van der Waals surface area contributed by atoms with Gasteiger partial charge in [-0.05, 0) is 50.5 Å². The van der Waals surface area contributed by atoms with Crippen molar-refractivity contribution in [2.24, 2.45) is 5.92 Å². The molecule has 0 saturated carbocycles. The van der Waals surface area contributed by atoms with Crippen LogP contribution < -0.4 is 20.1 Å². The van der Waals surface area contributed by atoms with Gasteiger partial charge in [0.25, 0.3) is 0 Å². The lowest BCUT2D eigenvalue weighted by molar-refractivity contribution is -0.117. The number of hydrogen-bond donors (Lipinski definition) is 2.